The molecular weight excluding hydrogens is 226 g/mol. The van der Waals surface area contributed by atoms with Crippen molar-refractivity contribution >= 4 is 12.0 Å². The van der Waals surface area contributed by atoms with E-state index in [9.17, 15) is 4.79 Å². The summed E-state index contributed by atoms with van der Waals surface area (Å²) in [4.78, 5) is 11.6. The summed E-state index contributed by atoms with van der Waals surface area (Å²) in [5.74, 6) is 0.496. The van der Waals surface area contributed by atoms with Crippen LogP contribution in [0.3, 0.4) is 0 Å². The van der Waals surface area contributed by atoms with E-state index in [4.69, 9.17) is 19.4 Å². The molecule has 0 amide bonds. The van der Waals surface area contributed by atoms with Gasteiger partial charge in [-0.1, -0.05) is 5.16 Å². The molecule has 0 radical (unpaired) electrons. The van der Waals surface area contributed by atoms with Crippen molar-refractivity contribution < 1.29 is 24.2 Å². The maximum absolute atomic E-state index is 11.6. The molecule has 0 saturated heterocycles. The normalized spacial score (nSPS) is 10.3. The van der Waals surface area contributed by atoms with E-state index in [0.29, 0.717) is 11.5 Å². The van der Waals surface area contributed by atoms with Gasteiger partial charge in [0.1, 0.15) is 6.21 Å². The Bertz CT molecular complexity index is 442. The summed E-state index contributed by atoms with van der Waals surface area (Å²) in [6.45, 7) is 0. The zero-order chi connectivity index (χ0) is 12.8. The molecule has 0 bridgehead atoms. The van der Waals surface area contributed by atoms with Gasteiger partial charge >= 0.3 is 0 Å². The number of hydrogen-bond acceptors (Lipinski definition) is 6. The Balaban J connectivity index is 3.37. The third-order valence-corrected chi connectivity index (χ3v) is 2.14. The highest BCUT2D eigenvalue weighted by Gasteiger charge is 2.19. The maximum Gasteiger partial charge on any atom is 0.211 e. The first-order valence-electron chi connectivity index (χ1n) is 4.70. The van der Waals surface area contributed by atoms with Crippen LogP contribution in [0.15, 0.2) is 17.3 Å². The Labute approximate surface area is 98.4 Å². The van der Waals surface area contributed by atoms with Crippen LogP contribution < -0.4 is 14.2 Å². The van der Waals surface area contributed by atoms with Gasteiger partial charge in [-0.2, -0.15) is 0 Å². The SMILES string of the molecule is COc1ccc(C(=O)/C=N/O)c(OC)c1OC. The van der Waals surface area contributed by atoms with Crippen LogP contribution in [-0.4, -0.2) is 38.5 Å². The smallest absolute Gasteiger partial charge is 0.211 e. The molecule has 1 rings (SSSR count). The third kappa shape index (κ3) is 2.47. The molecule has 0 unspecified atom stereocenters. The molecule has 0 fully saturated rings. The topological polar surface area (TPSA) is 77.4 Å². The summed E-state index contributed by atoms with van der Waals surface area (Å²) in [5, 5.41) is 11.0. The molecule has 17 heavy (non-hydrogen) atoms. The molecule has 0 aliphatic heterocycles. The molecule has 6 heteroatoms. The number of carbonyl (C=O) groups excluding carboxylic acids is 1. The van der Waals surface area contributed by atoms with Crippen molar-refractivity contribution in [2.24, 2.45) is 5.16 Å². The van der Waals surface area contributed by atoms with E-state index in [-0.39, 0.29) is 11.3 Å². The van der Waals surface area contributed by atoms with Crippen molar-refractivity contribution in [3.05, 3.63) is 17.7 Å². The summed E-state index contributed by atoms with van der Waals surface area (Å²) in [5.41, 5.74) is 0.225. The fourth-order valence-electron chi connectivity index (χ4n) is 1.42. The number of oxime groups is 1. The lowest BCUT2D eigenvalue weighted by molar-refractivity contribution is 0.106. The van der Waals surface area contributed by atoms with E-state index >= 15 is 0 Å². The molecule has 92 valence electrons. The minimum absolute atomic E-state index is 0.225. The summed E-state index contributed by atoms with van der Waals surface area (Å²) in [6.07, 6.45) is 0.782. The van der Waals surface area contributed by atoms with Gasteiger partial charge < -0.3 is 19.4 Å². The monoisotopic (exact) mass is 239 g/mol. The van der Waals surface area contributed by atoms with E-state index in [1.54, 1.807) is 6.07 Å². The largest absolute Gasteiger partial charge is 0.493 e. The number of ketones is 1. The standard InChI is InChI=1S/C11H13NO5/c1-15-9-5-4-7(8(13)6-12-14)10(16-2)11(9)17-3/h4-6,14H,1-3H3/b12-6+. The first kappa shape index (κ1) is 12.8. The summed E-state index contributed by atoms with van der Waals surface area (Å²) < 4.78 is 15.3. The minimum Gasteiger partial charge on any atom is -0.493 e. The second kappa shape index (κ2) is 5.74. The number of nitrogens with zero attached hydrogens (tertiary/aromatic N) is 1. The molecule has 0 spiro atoms. The highest BCUT2D eigenvalue weighted by Crippen LogP contribution is 2.39. The van der Waals surface area contributed by atoms with Gasteiger partial charge in [0, 0.05) is 0 Å². The van der Waals surface area contributed by atoms with Gasteiger partial charge in [0.2, 0.25) is 11.5 Å². The van der Waals surface area contributed by atoms with Crippen molar-refractivity contribution in [3.63, 3.8) is 0 Å². The Morgan fingerprint density at radius 3 is 2.29 bits per heavy atom. The molecule has 1 aromatic rings. The van der Waals surface area contributed by atoms with E-state index in [1.165, 1.54) is 27.4 Å². The predicted octanol–water partition coefficient (Wildman–Crippen LogP) is 1.36. The lowest BCUT2D eigenvalue weighted by atomic mass is 10.1. The predicted molar refractivity (Wildman–Crippen MR) is 60.7 cm³/mol. The third-order valence-electron chi connectivity index (χ3n) is 2.14. The highest BCUT2D eigenvalue weighted by atomic mass is 16.5. The number of methoxy groups -OCH3 is 3. The Morgan fingerprint density at radius 1 is 1.18 bits per heavy atom. The number of benzene rings is 1. The van der Waals surface area contributed by atoms with E-state index < -0.39 is 5.78 Å². The van der Waals surface area contributed by atoms with Gasteiger partial charge in [-0.25, -0.2) is 0 Å². The molecule has 0 aliphatic carbocycles. The van der Waals surface area contributed by atoms with Gasteiger partial charge in [0.25, 0.3) is 0 Å². The van der Waals surface area contributed by atoms with Crippen LogP contribution in [0.25, 0.3) is 0 Å². The molecule has 0 heterocycles. The Morgan fingerprint density at radius 2 is 1.82 bits per heavy atom. The maximum atomic E-state index is 11.6. The first-order chi connectivity index (χ1) is 8.19. The molecule has 0 atom stereocenters. The van der Waals surface area contributed by atoms with Crippen molar-refractivity contribution in [2.75, 3.05) is 21.3 Å². The zero-order valence-corrected chi connectivity index (χ0v) is 9.76. The Hall–Kier alpha value is -2.24. The summed E-state index contributed by atoms with van der Waals surface area (Å²) >= 11 is 0. The van der Waals surface area contributed by atoms with Crippen molar-refractivity contribution in [1.29, 1.82) is 0 Å². The average Bonchev–Trinajstić information content (AvgIpc) is 2.36. The first-order valence-corrected chi connectivity index (χ1v) is 4.70. The van der Waals surface area contributed by atoms with Gasteiger partial charge in [-0.05, 0) is 12.1 Å². The van der Waals surface area contributed by atoms with Crippen LogP contribution >= 0.6 is 0 Å². The second-order valence-electron chi connectivity index (χ2n) is 2.99. The van der Waals surface area contributed by atoms with E-state index in [0.717, 1.165) is 6.21 Å². The van der Waals surface area contributed by atoms with Gasteiger partial charge in [0.05, 0.1) is 26.9 Å². The van der Waals surface area contributed by atoms with Crippen LogP contribution in [0, 0.1) is 0 Å². The van der Waals surface area contributed by atoms with Crippen LogP contribution in [0.1, 0.15) is 10.4 Å². The number of ether oxygens (including phenoxy) is 3. The summed E-state index contributed by atoms with van der Waals surface area (Å²) in [6, 6.07) is 3.07. The molecule has 6 nitrogen and oxygen atoms in total. The van der Waals surface area contributed by atoms with Gasteiger partial charge in [-0.3, -0.25) is 4.79 Å². The fraction of sp³-hybridized carbons (Fsp3) is 0.273. The fourth-order valence-corrected chi connectivity index (χ4v) is 1.42. The number of Topliss-reactive ketones (excluding diaryl/α,β-unsaturated/α-hetero) is 1. The average molecular weight is 239 g/mol. The van der Waals surface area contributed by atoms with Crippen molar-refractivity contribution in [1.82, 2.24) is 0 Å². The van der Waals surface area contributed by atoms with Gasteiger partial charge in [0.15, 0.2) is 11.5 Å². The molecule has 0 aromatic heterocycles. The van der Waals surface area contributed by atoms with E-state index in [1.807, 2.05) is 0 Å². The second-order valence-corrected chi connectivity index (χ2v) is 2.99. The van der Waals surface area contributed by atoms with Crippen LogP contribution in [0.5, 0.6) is 17.2 Å². The number of hydrogen-bond donors (Lipinski definition) is 1. The highest BCUT2D eigenvalue weighted by molar-refractivity contribution is 6.36. The lowest BCUT2D eigenvalue weighted by Gasteiger charge is -2.13. The summed E-state index contributed by atoms with van der Waals surface area (Å²) in [7, 11) is 4.33. The molecular formula is C11H13NO5. The lowest BCUT2D eigenvalue weighted by Crippen LogP contribution is -2.05. The quantitative estimate of drug-likeness (QED) is 0.363. The molecule has 1 N–H and O–H groups in total. The van der Waals surface area contributed by atoms with Crippen LogP contribution in [-0.2, 0) is 0 Å². The van der Waals surface area contributed by atoms with Crippen molar-refractivity contribution in [3.8, 4) is 17.2 Å². The zero-order valence-electron chi connectivity index (χ0n) is 9.76. The number of rotatable bonds is 5. The molecule has 0 aliphatic rings. The van der Waals surface area contributed by atoms with Crippen LogP contribution in [0.4, 0.5) is 0 Å². The van der Waals surface area contributed by atoms with Crippen LogP contribution in [0.2, 0.25) is 0 Å². The Kier molecular flexibility index (Phi) is 4.33. The molecule has 0 saturated carbocycles. The molecule has 1 aromatic carbocycles. The van der Waals surface area contributed by atoms with Gasteiger partial charge in [-0.15, -0.1) is 0 Å². The van der Waals surface area contributed by atoms with Crippen molar-refractivity contribution in [2.45, 2.75) is 0 Å². The number of carbonyl (C=O) groups is 1. The van der Waals surface area contributed by atoms with E-state index in [2.05, 4.69) is 5.16 Å². The minimum atomic E-state index is -0.495.